The quantitative estimate of drug-likeness (QED) is 0.876. The summed E-state index contributed by atoms with van der Waals surface area (Å²) in [5, 5.41) is 3.70. The van der Waals surface area contributed by atoms with E-state index in [1.807, 2.05) is 13.1 Å². The van der Waals surface area contributed by atoms with Gasteiger partial charge in [0.2, 0.25) is 0 Å². The Balaban J connectivity index is 1.81. The number of nitrogens with zero attached hydrogens (tertiary/aromatic N) is 1. The molecule has 1 aliphatic rings. The fourth-order valence-corrected chi connectivity index (χ4v) is 2.88. The van der Waals surface area contributed by atoms with Crippen LogP contribution in [-0.4, -0.2) is 11.0 Å². The highest BCUT2D eigenvalue weighted by Crippen LogP contribution is 2.29. The van der Waals surface area contributed by atoms with Crippen molar-refractivity contribution in [3.8, 4) is 0 Å². The summed E-state index contributed by atoms with van der Waals surface area (Å²) in [6, 6.07) is 4.97. The van der Waals surface area contributed by atoms with Gasteiger partial charge in [-0.25, -0.2) is 0 Å². The molecule has 0 amide bonds. The molecule has 100 valence electrons. The predicted octanol–water partition coefficient (Wildman–Crippen LogP) is 3.69. The first kappa shape index (κ1) is 13.5. The highest BCUT2D eigenvalue weighted by molar-refractivity contribution is 5.12. The lowest BCUT2D eigenvalue weighted by atomic mass is 9.79. The summed E-state index contributed by atoms with van der Waals surface area (Å²) in [6.07, 6.45) is 7.47. The number of pyridine rings is 1. The molecule has 2 atom stereocenters. The largest absolute Gasteiger partial charge is 0.310 e. The average molecular weight is 246 g/mol. The van der Waals surface area contributed by atoms with E-state index >= 15 is 0 Å². The Morgan fingerprint density at radius 3 is 2.83 bits per heavy atom. The van der Waals surface area contributed by atoms with Crippen LogP contribution < -0.4 is 5.32 Å². The van der Waals surface area contributed by atoms with Crippen LogP contribution in [0.25, 0.3) is 0 Å². The van der Waals surface area contributed by atoms with Gasteiger partial charge in [-0.3, -0.25) is 4.98 Å². The van der Waals surface area contributed by atoms with Crippen LogP contribution in [0.1, 0.15) is 50.8 Å². The number of nitrogens with one attached hydrogen (secondary N) is 1. The van der Waals surface area contributed by atoms with Gasteiger partial charge in [-0.1, -0.05) is 32.8 Å². The Labute approximate surface area is 111 Å². The second-order valence-electron chi connectivity index (χ2n) is 6.06. The topological polar surface area (TPSA) is 24.9 Å². The van der Waals surface area contributed by atoms with E-state index in [2.05, 4.69) is 36.3 Å². The lowest BCUT2D eigenvalue weighted by molar-refractivity contribution is 0.231. The van der Waals surface area contributed by atoms with Gasteiger partial charge in [0.05, 0.1) is 0 Å². The number of aromatic nitrogens is 1. The number of hydrogen-bond donors (Lipinski definition) is 1. The molecule has 2 nitrogen and oxygen atoms in total. The van der Waals surface area contributed by atoms with Crippen molar-refractivity contribution >= 4 is 0 Å². The van der Waals surface area contributed by atoms with E-state index in [4.69, 9.17) is 0 Å². The molecule has 2 heteroatoms. The van der Waals surface area contributed by atoms with Crippen molar-refractivity contribution in [1.29, 1.82) is 0 Å². The highest BCUT2D eigenvalue weighted by Gasteiger charge is 2.23. The molecule has 18 heavy (non-hydrogen) atoms. The summed E-state index contributed by atoms with van der Waals surface area (Å²) < 4.78 is 0. The molecule has 0 spiro atoms. The molecular formula is C16H26N2. The maximum Gasteiger partial charge on any atom is 0.0372 e. The third kappa shape index (κ3) is 3.81. The van der Waals surface area contributed by atoms with Crippen molar-refractivity contribution in [2.75, 3.05) is 0 Å². The number of aryl methyl sites for hydroxylation is 1. The predicted molar refractivity (Wildman–Crippen MR) is 76.4 cm³/mol. The van der Waals surface area contributed by atoms with Gasteiger partial charge >= 0.3 is 0 Å². The third-order valence-corrected chi connectivity index (χ3v) is 4.23. The first-order valence-electron chi connectivity index (χ1n) is 7.30. The SMILES string of the molecule is Cc1ccc(CNC2CCCC(C(C)C)C2)cn1. The van der Waals surface area contributed by atoms with Gasteiger partial charge in [-0.2, -0.15) is 0 Å². The zero-order valence-electron chi connectivity index (χ0n) is 11.9. The first-order valence-corrected chi connectivity index (χ1v) is 7.30. The van der Waals surface area contributed by atoms with Crippen molar-refractivity contribution in [2.45, 2.75) is 59.0 Å². The van der Waals surface area contributed by atoms with E-state index < -0.39 is 0 Å². The Morgan fingerprint density at radius 1 is 1.33 bits per heavy atom. The molecular weight excluding hydrogens is 220 g/mol. The Hall–Kier alpha value is -0.890. The molecule has 1 aromatic rings. The molecule has 1 fully saturated rings. The van der Waals surface area contributed by atoms with Gasteiger partial charge in [-0.05, 0) is 43.2 Å². The van der Waals surface area contributed by atoms with Crippen LogP contribution in [0.15, 0.2) is 18.3 Å². The lowest BCUT2D eigenvalue weighted by Gasteiger charge is -2.32. The third-order valence-electron chi connectivity index (χ3n) is 4.23. The molecule has 0 aliphatic heterocycles. The summed E-state index contributed by atoms with van der Waals surface area (Å²) >= 11 is 0. The Bertz CT molecular complexity index is 356. The van der Waals surface area contributed by atoms with Crippen LogP contribution in [-0.2, 0) is 6.54 Å². The molecule has 0 radical (unpaired) electrons. The minimum Gasteiger partial charge on any atom is -0.310 e. The smallest absolute Gasteiger partial charge is 0.0372 e. The second-order valence-corrected chi connectivity index (χ2v) is 6.06. The molecule has 0 aromatic carbocycles. The Kier molecular flexibility index (Phi) is 4.76. The minimum absolute atomic E-state index is 0.701. The molecule has 1 aliphatic carbocycles. The van der Waals surface area contributed by atoms with Crippen molar-refractivity contribution < 1.29 is 0 Å². The molecule has 2 unspecified atom stereocenters. The second kappa shape index (κ2) is 6.33. The van der Waals surface area contributed by atoms with Crippen molar-refractivity contribution in [3.05, 3.63) is 29.6 Å². The summed E-state index contributed by atoms with van der Waals surface area (Å²) in [5.41, 5.74) is 2.39. The van der Waals surface area contributed by atoms with E-state index in [9.17, 15) is 0 Å². The molecule has 1 N–H and O–H groups in total. The van der Waals surface area contributed by atoms with Crippen LogP contribution >= 0.6 is 0 Å². The maximum absolute atomic E-state index is 4.35. The fraction of sp³-hybridized carbons (Fsp3) is 0.688. The van der Waals surface area contributed by atoms with E-state index in [0.717, 1.165) is 24.1 Å². The van der Waals surface area contributed by atoms with Crippen LogP contribution in [0.5, 0.6) is 0 Å². The van der Waals surface area contributed by atoms with E-state index in [1.54, 1.807) is 0 Å². The van der Waals surface area contributed by atoms with Gasteiger partial charge in [0.25, 0.3) is 0 Å². The van der Waals surface area contributed by atoms with E-state index in [1.165, 1.54) is 31.2 Å². The van der Waals surface area contributed by atoms with Crippen LogP contribution in [0.3, 0.4) is 0 Å². The van der Waals surface area contributed by atoms with E-state index in [-0.39, 0.29) is 0 Å². The highest BCUT2D eigenvalue weighted by atomic mass is 14.9. The maximum atomic E-state index is 4.35. The number of rotatable bonds is 4. The molecule has 2 rings (SSSR count). The summed E-state index contributed by atoms with van der Waals surface area (Å²) in [4.78, 5) is 4.35. The molecule has 0 bridgehead atoms. The lowest BCUT2D eigenvalue weighted by Crippen LogP contribution is -2.35. The average Bonchev–Trinajstić information content (AvgIpc) is 2.38. The Morgan fingerprint density at radius 2 is 2.17 bits per heavy atom. The summed E-state index contributed by atoms with van der Waals surface area (Å²) in [6.45, 7) is 7.71. The van der Waals surface area contributed by atoms with Gasteiger partial charge < -0.3 is 5.32 Å². The fourth-order valence-electron chi connectivity index (χ4n) is 2.88. The summed E-state index contributed by atoms with van der Waals surface area (Å²) in [5.74, 6) is 1.74. The monoisotopic (exact) mass is 246 g/mol. The van der Waals surface area contributed by atoms with Crippen LogP contribution in [0.2, 0.25) is 0 Å². The van der Waals surface area contributed by atoms with Crippen LogP contribution in [0, 0.1) is 18.8 Å². The standard InChI is InChI=1S/C16H26N2/c1-12(2)15-5-4-6-16(9-15)18-11-14-8-7-13(3)17-10-14/h7-8,10,12,15-16,18H,4-6,9,11H2,1-3H3. The molecule has 0 saturated heterocycles. The van der Waals surface area contributed by atoms with Gasteiger partial charge in [0.15, 0.2) is 0 Å². The summed E-state index contributed by atoms with van der Waals surface area (Å²) in [7, 11) is 0. The zero-order valence-corrected chi connectivity index (χ0v) is 11.9. The normalized spacial score (nSPS) is 24.4. The van der Waals surface area contributed by atoms with Gasteiger partial charge in [-0.15, -0.1) is 0 Å². The van der Waals surface area contributed by atoms with Gasteiger partial charge in [0.1, 0.15) is 0 Å². The zero-order chi connectivity index (χ0) is 13.0. The number of hydrogen-bond acceptors (Lipinski definition) is 2. The molecule has 1 saturated carbocycles. The van der Waals surface area contributed by atoms with Crippen molar-refractivity contribution in [3.63, 3.8) is 0 Å². The first-order chi connectivity index (χ1) is 8.65. The van der Waals surface area contributed by atoms with Crippen molar-refractivity contribution in [2.24, 2.45) is 11.8 Å². The van der Waals surface area contributed by atoms with Gasteiger partial charge in [0, 0.05) is 24.5 Å². The molecule has 1 aromatic heterocycles. The van der Waals surface area contributed by atoms with Crippen LogP contribution in [0.4, 0.5) is 0 Å². The van der Waals surface area contributed by atoms with Crippen molar-refractivity contribution in [1.82, 2.24) is 10.3 Å². The minimum atomic E-state index is 0.701. The van der Waals surface area contributed by atoms with E-state index in [0.29, 0.717) is 6.04 Å². The molecule has 1 heterocycles.